The first-order valence-corrected chi connectivity index (χ1v) is 7.46. The molecule has 0 aliphatic carbocycles. The number of nitrogens with zero attached hydrogens (tertiary/aromatic N) is 1. The summed E-state index contributed by atoms with van der Waals surface area (Å²) >= 11 is 9.48. The fraction of sp³-hybridized carbons (Fsp3) is 0.538. The van der Waals surface area contributed by atoms with Crippen LogP contribution in [0.15, 0.2) is 18.2 Å². The molecule has 0 spiro atoms. The van der Waals surface area contributed by atoms with Crippen molar-refractivity contribution in [2.45, 2.75) is 25.7 Å². The second kappa shape index (κ2) is 6.33. The maximum absolute atomic E-state index is 13.7. The topological polar surface area (TPSA) is 12.5 Å². The Morgan fingerprint density at radius 3 is 2.94 bits per heavy atom. The van der Waals surface area contributed by atoms with Crippen LogP contribution in [0.5, 0.6) is 0 Å². The number of morpholine rings is 1. The number of halogens is 3. The third-order valence-corrected chi connectivity index (χ3v) is 4.09. The SMILES string of the molecule is CC1CN(Cc2c(F)cccc2Cl)CC(CBr)O1. The Balaban J connectivity index is 2.08. The molecule has 1 aromatic rings. The summed E-state index contributed by atoms with van der Waals surface area (Å²) in [5.41, 5.74) is 0.571. The van der Waals surface area contributed by atoms with E-state index < -0.39 is 0 Å². The highest BCUT2D eigenvalue weighted by Crippen LogP contribution is 2.23. The van der Waals surface area contributed by atoms with Gasteiger partial charge in [-0.25, -0.2) is 4.39 Å². The van der Waals surface area contributed by atoms with Crippen LogP contribution in [-0.4, -0.2) is 35.5 Å². The summed E-state index contributed by atoms with van der Waals surface area (Å²) in [5.74, 6) is -0.239. The van der Waals surface area contributed by atoms with Crippen LogP contribution in [0.4, 0.5) is 4.39 Å². The van der Waals surface area contributed by atoms with E-state index in [-0.39, 0.29) is 18.0 Å². The molecule has 100 valence electrons. The van der Waals surface area contributed by atoms with Crippen molar-refractivity contribution in [2.24, 2.45) is 0 Å². The Hall–Kier alpha value is -0.160. The van der Waals surface area contributed by atoms with E-state index in [1.807, 2.05) is 6.92 Å². The zero-order valence-corrected chi connectivity index (χ0v) is 12.5. The highest BCUT2D eigenvalue weighted by Gasteiger charge is 2.25. The maximum atomic E-state index is 13.7. The van der Waals surface area contributed by atoms with Gasteiger partial charge in [0.05, 0.1) is 12.2 Å². The number of ether oxygens (including phenoxy) is 1. The van der Waals surface area contributed by atoms with E-state index in [0.717, 1.165) is 18.4 Å². The molecule has 1 fully saturated rings. The van der Waals surface area contributed by atoms with Crippen molar-refractivity contribution in [1.29, 1.82) is 0 Å². The van der Waals surface area contributed by atoms with Crippen LogP contribution < -0.4 is 0 Å². The third kappa shape index (κ3) is 3.44. The molecule has 1 saturated heterocycles. The highest BCUT2D eigenvalue weighted by atomic mass is 79.9. The smallest absolute Gasteiger partial charge is 0.129 e. The molecule has 0 amide bonds. The zero-order chi connectivity index (χ0) is 13.1. The summed E-state index contributed by atoms with van der Waals surface area (Å²) in [6.07, 6.45) is 0.311. The van der Waals surface area contributed by atoms with Crippen molar-refractivity contribution < 1.29 is 9.13 Å². The van der Waals surface area contributed by atoms with Gasteiger partial charge in [-0.3, -0.25) is 4.90 Å². The third-order valence-electron chi connectivity index (χ3n) is 3.02. The molecule has 0 radical (unpaired) electrons. The summed E-state index contributed by atoms with van der Waals surface area (Å²) in [4.78, 5) is 2.18. The summed E-state index contributed by atoms with van der Waals surface area (Å²) in [6.45, 7) is 4.15. The first-order valence-electron chi connectivity index (χ1n) is 5.96. The largest absolute Gasteiger partial charge is 0.372 e. The zero-order valence-electron chi connectivity index (χ0n) is 10.2. The first kappa shape index (κ1) is 14.3. The lowest BCUT2D eigenvalue weighted by molar-refractivity contribution is -0.0680. The summed E-state index contributed by atoms with van der Waals surface area (Å²) in [7, 11) is 0. The van der Waals surface area contributed by atoms with Crippen molar-refractivity contribution in [1.82, 2.24) is 4.90 Å². The van der Waals surface area contributed by atoms with Crippen LogP contribution in [0.25, 0.3) is 0 Å². The van der Waals surface area contributed by atoms with E-state index >= 15 is 0 Å². The van der Waals surface area contributed by atoms with Crippen molar-refractivity contribution in [2.75, 3.05) is 18.4 Å². The van der Waals surface area contributed by atoms with Gasteiger partial charge in [0.2, 0.25) is 0 Å². The van der Waals surface area contributed by atoms with E-state index in [2.05, 4.69) is 20.8 Å². The van der Waals surface area contributed by atoms with E-state index in [0.29, 0.717) is 17.1 Å². The Labute approximate surface area is 120 Å². The lowest BCUT2D eigenvalue weighted by atomic mass is 10.1. The second-order valence-electron chi connectivity index (χ2n) is 4.62. The Morgan fingerprint density at radius 1 is 1.50 bits per heavy atom. The number of benzene rings is 1. The van der Waals surface area contributed by atoms with Gasteiger partial charge in [0.1, 0.15) is 5.82 Å². The van der Waals surface area contributed by atoms with Crippen molar-refractivity contribution in [3.63, 3.8) is 0 Å². The summed E-state index contributed by atoms with van der Waals surface area (Å²) in [6, 6.07) is 4.81. The van der Waals surface area contributed by atoms with E-state index in [4.69, 9.17) is 16.3 Å². The minimum absolute atomic E-state index is 0.152. The summed E-state index contributed by atoms with van der Waals surface area (Å²) < 4.78 is 19.5. The van der Waals surface area contributed by atoms with Crippen LogP contribution in [0, 0.1) is 5.82 Å². The Kier molecular flexibility index (Phi) is 5.01. The van der Waals surface area contributed by atoms with Crippen molar-refractivity contribution in [3.8, 4) is 0 Å². The van der Waals surface area contributed by atoms with Gasteiger partial charge in [-0.1, -0.05) is 33.6 Å². The van der Waals surface area contributed by atoms with Crippen LogP contribution >= 0.6 is 27.5 Å². The number of rotatable bonds is 3. The van der Waals surface area contributed by atoms with Crippen LogP contribution in [0.1, 0.15) is 12.5 Å². The van der Waals surface area contributed by atoms with Gasteiger partial charge in [-0.2, -0.15) is 0 Å². The molecule has 1 aliphatic rings. The number of hydrogen-bond donors (Lipinski definition) is 0. The van der Waals surface area contributed by atoms with E-state index in [9.17, 15) is 4.39 Å². The average Bonchev–Trinajstić information content (AvgIpc) is 2.33. The standard InChI is InChI=1S/C13H16BrClFNO/c1-9-6-17(7-10(5-14)18-9)8-11-12(15)3-2-4-13(11)16/h2-4,9-10H,5-8H2,1H3. The number of alkyl halides is 1. The predicted molar refractivity (Wildman–Crippen MR) is 74.8 cm³/mol. The van der Waals surface area contributed by atoms with Gasteiger partial charge in [0.25, 0.3) is 0 Å². The fourth-order valence-corrected chi connectivity index (χ4v) is 2.84. The van der Waals surface area contributed by atoms with Gasteiger partial charge in [0, 0.05) is 35.6 Å². The minimum atomic E-state index is -0.239. The Bertz CT molecular complexity index is 398. The molecule has 0 saturated carbocycles. The van der Waals surface area contributed by atoms with Crippen LogP contribution in [0.3, 0.4) is 0 Å². The molecular formula is C13H16BrClFNO. The fourth-order valence-electron chi connectivity index (χ4n) is 2.26. The normalized spacial score (nSPS) is 25.3. The molecule has 1 heterocycles. The highest BCUT2D eigenvalue weighted by molar-refractivity contribution is 9.09. The lowest BCUT2D eigenvalue weighted by Gasteiger charge is -2.36. The summed E-state index contributed by atoms with van der Waals surface area (Å²) in [5, 5.41) is 1.28. The molecule has 2 nitrogen and oxygen atoms in total. The maximum Gasteiger partial charge on any atom is 0.129 e. The van der Waals surface area contributed by atoms with Crippen LogP contribution in [0.2, 0.25) is 5.02 Å². The molecule has 1 aliphatic heterocycles. The second-order valence-corrected chi connectivity index (χ2v) is 5.67. The molecule has 0 bridgehead atoms. The molecule has 0 N–H and O–H groups in total. The Morgan fingerprint density at radius 2 is 2.28 bits per heavy atom. The van der Waals surface area contributed by atoms with Gasteiger partial charge < -0.3 is 4.74 Å². The average molecular weight is 337 g/mol. The van der Waals surface area contributed by atoms with Gasteiger partial charge in [-0.15, -0.1) is 0 Å². The molecule has 2 rings (SSSR count). The van der Waals surface area contributed by atoms with Gasteiger partial charge in [-0.05, 0) is 19.1 Å². The van der Waals surface area contributed by atoms with E-state index in [1.54, 1.807) is 12.1 Å². The monoisotopic (exact) mass is 335 g/mol. The molecule has 2 atom stereocenters. The first-order chi connectivity index (χ1) is 8.60. The van der Waals surface area contributed by atoms with Gasteiger partial charge in [0.15, 0.2) is 0 Å². The molecule has 1 aromatic carbocycles. The molecule has 2 unspecified atom stereocenters. The lowest BCUT2D eigenvalue weighted by Crippen LogP contribution is -2.46. The molecule has 18 heavy (non-hydrogen) atoms. The van der Waals surface area contributed by atoms with E-state index in [1.165, 1.54) is 6.07 Å². The minimum Gasteiger partial charge on any atom is -0.372 e. The quantitative estimate of drug-likeness (QED) is 0.784. The van der Waals surface area contributed by atoms with Crippen molar-refractivity contribution >= 4 is 27.5 Å². The van der Waals surface area contributed by atoms with Crippen LogP contribution in [-0.2, 0) is 11.3 Å². The molecular weight excluding hydrogens is 321 g/mol. The molecule has 5 heteroatoms. The number of hydrogen-bond acceptors (Lipinski definition) is 2. The predicted octanol–water partition coefficient (Wildman–Crippen LogP) is 3.46. The van der Waals surface area contributed by atoms with Crippen molar-refractivity contribution in [3.05, 3.63) is 34.6 Å². The molecule has 0 aromatic heterocycles. The van der Waals surface area contributed by atoms with Gasteiger partial charge >= 0.3 is 0 Å².